The molecule has 0 spiro atoms. The van der Waals surface area contributed by atoms with Gasteiger partial charge in [-0.2, -0.15) is 0 Å². The molecule has 0 rings (SSSR count). The molecule has 2 N–H and O–H groups in total. The normalized spacial score (nSPS) is 12.1. The Hall–Kier alpha value is -1.52. The predicted molar refractivity (Wildman–Crippen MR) is 55.6 cm³/mol. The minimum absolute atomic E-state index is 0.146. The summed E-state index contributed by atoms with van der Waals surface area (Å²) < 4.78 is 4.95. The molecule has 5 nitrogen and oxygen atoms in total. The van der Waals surface area contributed by atoms with Gasteiger partial charge in [-0.25, -0.2) is 9.59 Å². The second-order valence-corrected chi connectivity index (χ2v) is 4.08. The predicted octanol–water partition coefficient (Wildman–Crippen LogP) is 1.54. The summed E-state index contributed by atoms with van der Waals surface area (Å²) in [7, 11) is 0. The van der Waals surface area contributed by atoms with Crippen LogP contribution in [0.15, 0.2) is 11.6 Å². The first kappa shape index (κ1) is 13.5. The Morgan fingerprint density at radius 1 is 1.40 bits per heavy atom. The topological polar surface area (TPSA) is 75.6 Å². The molecule has 86 valence electrons. The Morgan fingerprint density at radius 2 is 1.93 bits per heavy atom. The van der Waals surface area contributed by atoms with E-state index in [1.165, 1.54) is 13.0 Å². The smallest absolute Gasteiger partial charge is 0.407 e. The molecule has 0 aliphatic heterocycles. The third kappa shape index (κ3) is 7.54. The van der Waals surface area contributed by atoms with Gasteiger partial charge in [0.2, 0.25) is 0 Å². The lowest BCUT2D eigenvalue weighted by atomic mass is 10.2. The van der Waals surface area contributed by atoms with Crippen LogP contribution in [0.2, 0.25) is 0 Å². The van der Waals surface area contributed by atoms with E-state index in [0.717, 1.165) is 0 Å². The first-order valence-corrected chi connectivity index (χ1v) is 4.59. The van der Waals surface area contributed by atoms with Gasteiger partial charge >= 0.3 is 12.1 Å². The molecule has 0 atom stereocenters. The van der Waals surface area contributed by atoms with Crippen LogP contribution in [0.25, 0.3) is 0 Å². The summed E-state index contributed by atoms with van der Waals surface area (Å²) in [6.45, 7) is 6.87. The van der Waals surface area contributed by atoms with Gasteiger partial charge < -0.3 is 15.2 Å². The van der Waals surface area contributed by atoms with Crippen LogP contribution in [0.4, 0.5) is 4.79 Å². The van der Waals surface area contributed by atoms with Crippen molar-refractivity contribution in [1.29, 1.82) is 0 Å². The molecule has 5 heteroatoms. The molecule has 0 heterocycles. The number of aliphatic carboxylic acids is 1. The Bertz CT molecular complexity index is 276. The number of carbonyl (C=O) groups is 2. The first-order chi connectivity index (χ1) is 6.72. The van der Waals surface area contributed by atoms with Crippen molar-refractivity contribution in [3.8, 4) is 0 Å². The average molecular weight is 215 g/mol. The lowest BCUT2D eigenvalue weighted by molar-refractivity contribution is -0.132. The Balaban J connectivity index is 3.93. The molecular formula is C10H17NO4. The first-order valence-electron chi connectivity index (χ1n) is 4.59. The van der Waals surface area contributed by atoms with Crippen LogP contribution in [0.1, 0.15) is 27.7 Å². The second-order valence-electron chi connectivity index (χ2n) is 4.08. The highest BCUT2D eigenvalue weighted by molar-refractivity contribution is 5.85. The van der Waals surface area contributed by atoms with Crippen LogP contribution in [-0.2, 0) is 9.53 Å². The highest BCUT2D eigenvalue weighted by atomic mass is 16.6. The molecule has 0 fully saturated rings. The van der Waals surface area contributed by atoms with E-state index in [4.69, 9.17) is 9.84 Å². The molecule has 0 saturated heterocycles. The number of hydrogen-bond acceptors (Lipinski definition) is 3. The van der Waals surface area contributed by atoms with Crippen molar-refractivity contribution in [3.63, 3.8) is 0 Å². The third-order valence-corrected chi connectivity index (χ3v) is 1.39. The van der Waals surface area contributed by atoms with Gasteiger partial charge in [-0.15, -0.1) is 0 Å². The van der Waals surface area contributed by atoms with E-state index in [9.17, 15) is 9.59 Å². The van der Waals surface area contributed by atoms with E-state index >= 15 is 0 Å². The van der Waals surface area contributed by atoms with Crippen molar-refractivity contribution in [1.82, 2.24) is 5.32 Å². The lowest BCUT2D eigenvalue weighted by Gasteiger charge is -2.19. The molecule has 1 amide bonds. The second kappa shape index (κ2) is 5.38. The van der Waals surface area contributed by atoms with Crippen molar-refractivity contribution < 1.29 is 19.4 Å². The van der Waals surface area contributed by atoms with Crippen LogP contribution < -0.4 is 5.32 Å². The highest BCUT2D eigenvalue weighted by Crippen LogP contribution is 2.06. The van der Waals surface area contributed by atoms with Gasteiger partial charge in [-0.05, 0) is 27.7 Å². The fraction of sp³-hybridized carbons (Fsp3) is 0.600. The number of carboxylic acid groups (broad SMARTS) is 1. The van der Waals surface area contributed by atoms with Crippen molar-refractivity contribution >= 4 is 12.1 Å². The molecule has 0 bridgehead atoms. The summed E-state index contributed by atoms with van der Waals surface area (Å²) in [5, 5.41) is 10.9. The van der Waals surface area contributed by atoms with Gasteiger partial charge in [0, 0.05) is 12.1 Å². The van der Waals surface area contributed by atoms with Gasteiger partial charge in [-0.1, -0.05) is 6.08 Å². The fourth-order valence-corrected chi connectivity index (χ4v) is 0.689. The van der Waals surface area contributed by atoms with Crippen LogP contribution in [-0.4, -0.2) is 29.3 Å². The van der Waals surface area contributed by atoms with Crippen molar-refractivity contribution in [3.05, 3.63) is 11.6 Å². The third-order valence-electron chi connectivity index (χ3n) is 1.39. The van der Waals surface area contributed by atoms with Crippen molar-refractivity contribution in [2.45, 2.75) is 33.3 Å². The Kier molecular flexibility index (Phi) is 4.84. The summed E-state index contributed by atoms with van der Waals surface area (Å²) in [5.41, 5.74) is -0.360. The van der Waals surface area contributed by atoms with Crippen LogP contribution in [0, 0.1) is 0 Å². The van der Waals surface area contributed by atoms with Crippen molar-refractivity contribution in [2.24, 2.45) is 0 Å². The molecule has 0 aromatic rings. The number of rotatable bonds is 3. The van der Waals surface area contributed by atoms with Gasteiger partial charge in [0.15, 0.2) is 0 Å². The Morgan fingerprint density at radius 3 is 2.33 bits per heavy atom. The quantitative estimate of drug-likeness (QED) is 0.700. The monoisotopic (exact) mass is 215 g/mol. The molecular weight excluding hydrogens is 198 g/mol. The van der Waals surface area contributed by atoms with E-state index < -0.39 is 17.7 Å². The Labute approximate surface area is 89.1 Å². The number of hydrogen-bond donors (Lipinski definition) is 2. The summed E-state index contributed by atoms with van der Waals surface area (Å²) in [6.07, 6.45) is 0.851. The van der Waals surface area contributed by atoms with Gasteiger partial charge in [0.1, 0.15) is 5.60 Å². The molecule has 0 aliphatic carbocycles. The van der Waals surface area contributed by atoms with Gasteiger partial charge in [-0.3, -0.25) is 0 Å². The fourth-order valence-electron chi connectivity index (χ4n) is 0.689. The number of carbonyl (C=O) groups excluding carboxylic acids is 1. The summed E-state index contributed by atoms with van der Waals surface area (Å²) in [4.78, 5) is 21.5. The maximum absolute atomic E-state index is 11.1. The largest absolute Gasteiger partial charge is 0.478 e. The number of amides is 1. The lowest BCUT2D eigenvalue weighted by Crippen LogP contribution is -2.32. The standard InChI is InChI=1S/C10H17NO4/c1-7(8(12)13)5-6-11-9(14)15-10(2,3)4/h5H,6H2,1-4H3,(H,11,14)(H,12,13)/b7-5+. The number of ether oxygens (including phenoxy) is 1. The molecule has 0 radical (unpaired) electrons. The molecule has 0 unspecified atom stereocenters. The summed E-state index contributed by atoms with van der Waals surface area (Å²) in [6, 6.07) is 0. The number of alkyl carbamates (subject to hydrolysis) is 1. The van der Waals surface area contributed by atoms with E-state index in [-0.39, 0.29) is 12.1 Å². The van der Waals surface area contributed by atoms with E-state index in [1.807, 2.05) is 0 Å². The molecule has 0 saturated carbocycles. The average Bonchev–Trinajstić information content (AvgIpc) is 2.00. The van der Waals surface area contributed by atoms with Crippen LogP contribution in [0.5, 0.6) is 0 Å². The van der Waals surface area contributed by atoms with Crippen LogP contribution >= 0.6 is 0 Å². The zero-order valence-corrected chi connectivity index (χ0v) is 9.46. The molecule has 0 aliphatic rings. The molecule has 15 heavy (non-hydrogen) atoms. The molecule has 0 aromatic heterocycles. The summed E-state index contributed by atoms with van der Waals surface area (Å²) >= 11 is 0. The maximum Gasteiger partial charge on any atom is 0.407 e. The summed E-state index contributed by atoms with van der Waals surface area (Å²) in [5.74, 6) is -0.999. The van der Waals surface area contributed by atoms with Gasteiger partial charge in [0.05, 0.1) is 0 Å². The highest BCUT2D eigenvalue weighted by Gasteiger charge is 2.15. The van der Waals surface area contributed by atoms with Crippen molar-refractivity contribution in [2.75, 3.05) is 6.54 Å². The zero-order valence-electron chi connectivity index (χ0n) is 9.46. The van der Waals surface area contributed by atoms with E-state index in [0.29, 0.717) is 0 Å². The minimum atomic E-state index is -0.999. The van der Waals surface area contributed by atoms with E-state index in [2.05, 4.69) is 5.32 Å². The number of carboxylic acids is 1. The zero-order chi connectivity index (χ0) is 12.1. The molecule has 0 aromatic carbocycles. The van der Waals surface area contributed by atoms with Crippen LogP contribution in [0.3, 0.4) is 0 Å². The van der Waals surface area contributed by atoms with E-state index in [1.54, 1.807) is 20.8 Å². The minimum Gasteiger partial charge on any atom is -0.478 e. The number of nitrogens with one attached hydrogen (secondary N) is 1. The maximum atomic E-state index is 11.1. The van der Waals surface area contributed by atoms with Gasteiger partial charge in [0.25, 0.3) is 0 Å². The SMILES string of the molecule is C/C(=C\CNC(=O)OC(C)(C)C)C(=O)O.